The molecule has 0 aliphatic heterocycles. The summed E-state index contributed by atoms with van der Waals surface area (Å²) in [6.45, 7) is 3.98. The Hall–Kier alpha value is -2.80. The van der Waals surface area contributed by atoms with E-state index in [0.717, 1.165) is 5.56 Å². The van der Waals surface area contributed by atoms with Crippen molar-refractivity contribution in [2.75, 3.05) is 5.32 Å². The highest BCUT2D eigenvalue weighted by molar-refractivity contribution is 7.90. The summed E-state index contributed by atoms with van der Waals surface area (Å²) in [5, 5.41) is 3.21. The van der Waals surface area contributed by atoms with Gasteiger partial charge in [0.2, 0.25) is 0 Å². The first kappa shape index (κ1) is 18.0. The van der Waals surface area contributed by atoms with Gasteiger partial charge in [0.15, 0.2) is 15.7 Å². The van der Waals surface area contributed by atoms with Crippen molar-refractivity contribution < 1.29 is 8.42 Å². The second-order valence-corrected chi connectivity index (χ2v) is 8.17. The van der Waals surface area contributed by atoms with Crippen molar-refractivity contribution in [3.05, 3.63) is 66.6 Å². The van der Waals surface area contributed by atoms with Crippen LogP contribution in [-0.2, 0) is 15.6 Å². The fraction of sp³-hybridized carbons (Fsp3) is 0.211. The van der Waals surface area contributed by atoms with Crippen LogP contribution in [0.3, 0.4) is 0 Å². The van der Waals surface area contributed by atoms with E-state index in [1.54, 1.807) is 54.9 Å². The van der Waals surface area contributed by atoms with E-state index in [2.05, 4.69) is 20.3 Å². The predicted octanol–water partition coefficient (Wildman–Crippen LogP) is 3.33. The lowest BCUT2D eigenvalue weighted by Gasteiger charge is -2.12. The van der Waals surface area contributed by atoms with Crippen molar-refractivity contribution in [2.24, 2.45) is 0 Å². The van der Waals surface area contributed by atoms with Crippen LogP contribution in [0.15, 0.2) is 65.8 Å². The molecule has 0 aliphatic rings. The fourth-order valence-electron chi connectivity index (χ4n) is 2.47. The Labute approximate surface area is 153 Å². The molecule has 0 saturated carbocycles. The van der Waals surface area contributed by atoms with E-state index in [0.29, 0.717) is 17.3 Å². The maximum Gasteiger partial charge on any atom is 0.184 e. The lowest BCUT2D eigenvalue weighted by atomic mass is 10.2. The molecule has 7 heteroatoms. The molecule has 0 bridgehead atoms. The molecule has 3 rings (SSSR count). The molecule has 1 aromatic carbocycles. The molecule has 0 fully saturated rings. The number of hydrogen-bond acceptors (Lipinski definition) is 6. The maximum atomic E-state index is 12.7. The summed E-state index contributed by atoms with van der Waals surface area (Å²) in [5.74, 6) is 0.841. The van der Waals surface area contributed by atoms with E-state index in [1.807, 2.05) is 19.9 Å². The fourth-order valence-corrected chi connectivity index (χ4v) is 3.75. The Morgan fingerprint density at radius 2 is 1.81 bits per heavy atom. The molecule has 3 aromatic rings. The minimum atomic E-state index is -3.49. The van der Waals surface area contributed by atoms with Crippen LogP contribution >= 0.6 is 0 Å². The molecule has 0 amide bonds. The predicted molar refractivity (Wildman–Crippen MR) is 101 cm³/mol. The molecular weight excluding hydrogens is 348 g/mol. The van der Waals surface area contributed by atoms with E-state index in [1.165, 1.54) is 0 Å². The van der Waals surface area contributed by atoms with Gasteiger partial charge in [-0.25, -0.2) is 18.4 Å². The summed E-state index contributed by atoms with van der Waals surface area (Å²) in [4.78, 5) is 13.3. The van der Waals surface area contributed by atoms with Gasteiger partial charge in [0.25, 0.3) is 0 Å². The molecule has 0 spiro atoms. The maximum absolute atomic E-state index is 12.7. The summed E-state index contributed by atoms with van der Waals surface area (Å²) in [6, 6.07) is 13.9. The first-order valence-corrected chi connectivity index (χ1v) is 9.92. The van der Waals surface area contributed by atoms with E-state index in [9.17, 15) is 8.42 Å². The van der Waals surface area contributed by atoms with Gasteiger partial charge in [0, 0.05) is 30.1 Å². The summed E-state index contributed by atoms with van der Waals surface area (Å²) in [6.07, 6.45) is 3.32. The number of rotatable bonds is 6. The molecule has 0 radical (unpaired) electrons. The highest BCUT2D eigenvalue weighted by atomic mass is 32.2. The SMILES string of the molecule is CC(C)Nc1cc(CS(=O)(=O)c2ccccc2)nc(-c2cccnc2)n1. The van der Waals surface area contributed by atoms with Crippen LogP contribution in [0, 0.1) is 0 Å². The molecule has 1 N–H and O–H groups in total. The van der Waals surface area contributed by atoms with Gasteiger partial charge in [-0.3, -0.25) is 4.98 Å². The molecule has 2 heterocycles. The van der Waals surface area contributed by atoms with Gasteiger partial charge in [0.1, 0.15) is 5.82 Å². The Morgan fingerprint density at radius 3 is 2.46 bits per heavy atom. The normalized spacial score (nSPS) is 11.5. The van der Waals surface area contributed by atoms with Crippen LogP contribution in [0.4, 0.5) is 5.82 Å². The average molecular weight is 368 g/mol. The first-order valence-electron chi connectivity index (χ1n) is 8.27. The third-order valence-electron chi connectivity index (χ3n) is 3.58. The third-order valence-corrected chi connectivity index (χ3v) is 5.24. The lowest BCUT2D eigenvalue weighted by Crippen LogP contribution is -2.14. The van der Waals surface area contributed by atoms with Crippen molar-refractivity contribution in [3.8, 4) is 11.4 Å². The second kappa shape index (κ2) is 7.61. The number of nitrogens with one attached hydrogen (secondary N) is 1. The quantitative estimate of drug-likeness (QED) is 0.718. The Morgan fingerprint density at radius 1 is 1.04 bits per heavy atom. The van der Waals surface area contributed by atoms with Crippen LogP contribution < -0.4 is 5.32 Å². The van der Waals surface area contributed by atoms with Crippen LogP contribution in [0.2, 0.25) is 0 Å². The molecule has 0 atom stereocenters. The standard InChI is InChI=1S/C19H20N4O2S/c1-14(2)21-18-11-16(13-26(24,25)17-8-4-3-5-9-17)22-19(23-18)15-7-6-10-20-12-15/h3-12,14H,13H2,1-2H3,(H,21,22,23). The van der Waals surface area contributed by atoms with Gasteiger partial charge < -0.3 is 5.32 Å². The summed E-state index contributed by atoms with van der Waals surface area (Å²) in [7, 11) is -3.49. The molecule has 134 valence electrons. The van der Waals surface area contributed by atoms with Crippen molar-refractivity contribution >= 4 is 15.7 Å². The highest BCUT2D eigenvalue weighted by Crippen LogP contribution is 2.21. The van der Waals surface area contributed by atoms with Crippen molar-refractivity contribution in [3.63, 3.8) is 0 Å². The molecule has 6 nitrogen and oxygen atoms in total. The van der Waals surface area contributed by atoms with Gasteiger partial charge in [-0.15, -0.1) is 0 Å². The van der Waals surface area contributed by atoms with Crippen molar-refractivity contribution in [2.45, 2.75) is 30.5 Å². The number of benzene rings is 1. The van der Waals surface area contributed by atoms with Crippen LogP contribution in [0.25, 0.3) is 11.4 Å². The molecule has 0 saturated heterocycles. The largest absolute Gasteiger partial charge is 0.368 e. The van der Waals surface area contributed by atoms with Gasteiger partial charge in [-0.1, -0.05) is 18.2 Å². The minimum Gasteiger partial charge on any atom is -0.368 e. The molecule has 26 heavy (non-hydrogen) atoms. The van der Waals surface area contributed by atoms with Crippen LogP contribution in [0.1, 0.15) is 19.5 Å². The molecule has 0 aliphatic carbocycles. The third kappa shape index (κ3) is 4.43. The minimum absolute atomic E-state index is 0.158. The topological polar surface area (TPSA) is 84.8 Å². The van der Waals surface area contributed by atoms with Crippen molar-refractivity contribution in [1.29, 1.82) is 0 Å². The number of pyridine rings is 1. The van der Waals surface area contributed by atoms with E-state index >= 15 is 0 Å². The zero-order valence-electron chi connectivity index (χ0n) is 14.6. The average Bonchev–Trinajstić information content (AvgIpc) is 2.62. The smallest absolute Gasteiger partial charge is 0.184 e. The van der Waals surface area contributed by atoms with Crippen molar-refractivity contribution in [1.82, 2.24) is 15.0 Å². The number of anilines is 1. The van der Waals surface area contributed by atoms with E-state index in [4.69, 9.17) is 0 Å². The molecule has 0 unspecified atom stereocenters. The van der Waals surface area contributed by atoms with E-state index in [-0.39, 0.29) is 16.7 Å². The van der Waals surface area contributed by atoms with Crippen LogP contribution in [-0.4, -0.2) is 29.4 Å². The Bertz CT molecular complexity index is 975. The monoisotopic (exact) mass is 368 g/mol. The summed E-state index contributed by atoms with van der Waals surface area (Å²) in [5.41, 5.74) is 1.17. The Kier molecular flexibility index (Phi) is 5.27. The number of aromatic nitrogens is 3. The first-order chi connectivity index (χ1) is 12.4. The van der Waals surface area contributed by atoms with Gasteiger partial charge in [-0.05, 0) is 38.1 Å². The zero-order chi connectivity index (χ0) is 18.6. The summed E-state index contributed by atoms with van der Waals surface area (Å²) >= 11 is 0. The number of sulfone groups is 1. The van der Waals surface area contributed by atoms with Gasteiger partial charge in [0.05, 0.1) is 16.3 Å². The molecular formula is C19H20N4O2S. The number of nitrogens with zero attached hydrogens (tertiary/aromatic N) is 3. The van der Waals surface area contributed by atoms with Gasteiger partial charge >= 0.3 is 0 Å². The lowest BCUT2D eigenvalue weighted by molar-refractivity contribution is 0.594. The van der Waals surface area contributed by atoms with E-state index < -0.39 is 9.84 Å². The van der Waals surface area contributed by atoms with Crippen LogP contribution in [0.5, 0.6) is 0 Å². The molecule has 2 aromatic heterocycles. The number of hydrogen-bond donors (Lipinski definition) is 1. The zero-order valence-corrected chi connectivity index (χ0v) is 15.4. The summed E-state index contributed by atoms with van der Waals surface area (Å²) < 4.78 is 25.4. The van der Waals surface area contributed by atoms with Gasteiger partial charge in [-0.2, -0.15) is 0 Å². The second-order valence-electron chi connectivity index (χ2n) is 6.18. The highest BCUT2D eigenvalue weighted by Gasteiger charge is 2.18. The Balaban J connectivity index is 2.01.